The van der Waals surface area contributed by atoms with Gasteiger partial charge in [0, 0.05) is 21.7 Å². The summed E-state index contributed by atoms with van der Waals surface area (Å²) in [6, 6.07) is 10.4. The number of benzene rings is 2. The molecule has 0 aromatic heterocycles. The minimum atomic E-state index is -0.316. The fraction of sp³-hybridized carbons (Fsp3) is 0.143. The molecule has 2 aromatic rings. The molecule has 0 atom stereocenters. The number of anilines is 1. The predicted octanol–water partition coefficient (Wildman–Crippen LogP) is 5.16. The van der Waals surface area contributed by atoms with Gasteiger partial charge >= 0.3 is 0 Å². The van der Waals surface area contributed by atoms with E-state index in [0.717, 1.165) is 21.3 Å². The standard InChI is InChI=1S/C14H12BrClFN/c1-9-6-12(4-5-13(9)15)18-8-10-2-3-11(17)7-14(10)16/h2-7,18H,8H2,1H3. The van der Waals surface area contributed by atoms with Crippen molar-refractivity contribution in [3.05, 3.63) is 62.8 Å². The minimum Gasteiger partial charge on any atom is -0.381 e. The van der Waals surface area contributed by atoms with Gasteiger partial charge < -0.3 is 5.32 Å². The molecule has 18 heavy (non-hydrogen) atoms. The molecule has 0 amide bonds. The molecule has 0 bridgehead atoms. The van der Waals surface area contributed by atoms with Crippen LogP contribution < -0.4 is 5.32 Å². The first kappa shape index (κ1) is 13.4. The topological polar surface area (TPSA) is 12.0 Å². The molecule has 2 rings (SSSR count). The zero-order valence-electron chi connectivity index (χ0n) is 9.81. The molecule has 0 saturated heterocycles. The lowest BCUT2D eigenvalue weighted by molar-refractivity contribution is 0.627. The van der Waals surface area contributed by atoms with Gasteiger partial charge in [-0.15, -0.1) is 0 Å². The zero-order chi connectivity index (χ0) is 13.1. The second-order valence-electron chi connectivity index (χ2n) is 4.05. The maximum Gasteiger partial charge on any atom is 0.124 e. The Bertz CT molecular complexity index is 572. The molecule has 0 radical (unpaired) electrons. The van der Waals surface area contributed by atoms with Gasteiger partial charge in [0.15, 0.2) is 0 Å². The molecule has 94 valence electrons. The van der Waals surface area contributed by atoms with E-state index in [4.69, 9.17) is 11.6 Å². The van der Waals surface area contributed by atoms with Crippen LogP contribution in [0.3, 0.4) is 0 Å². The van der Waals surface area contributed by atoms with E-state index in [1.807, 2.05) is 25.1 Å². The van der Waals surface area contributed by atoms with Crippen molar-refractivity contribution in [2.45, 2.75) is 13.5 Å². The van der Waals surface area contributed by atoms with Crippen LogP contribution in [0.4, 0.5) is 10.1 Å². The molecule has 0 aliphatic carbocycles. The fourth-order valence-electron chi connectivity index (χ4n) is 1.62. The highest BCUT2D eigenvalue weighted by atomic mass is 79.9. The number of hydrogen-bond donors (Lipinski definition) is 1. The van der Waals surface area contributed by atoms with E-state index in [0.29, 0.717) is 11.6 Å². The van der Waals surface area contributed by atoms with E-state index in [1.165, 1.54) is 12.1 Å². The van der Waals surface area contributed by atoms with Crippen LogP contribution in [0.5, 0.6) is 0 Å². The first-order chi connectivity index (χ1) is 8.56. The van der Waals surface area contributed by atoms with Gasteiger partial charge in [-0.05, 0) is 48.4 Å². The van der Waals surface area contributed by atoms with Gasteiger partial charge in [0.2, 0.25) is 0 Å². The van der Waals surface area contributed by atoms with Gasteiger partial charge in [-0.25, -0.2) is 4.39 Å². The Labute approximate surface area is 119 Å². The Balaban J connectivity index is 2.09. The van der Waals surface area contributed by atoms with Crippen molar-refractivity contribution in [1.82, 2.24) is 0 Å². The van der Waals surface area contributed by atoms with Gasteiger partial charge in [-0.1, -0.05) is 33.6 Å². The molecule has 0 heterocycles. The highest BCUT2D eigenvalue weighted by molar-refractivity contribution is 9.10. The lowest BCUT2D eigenvalue weighted by Gasteiger charge is -2.09. The second-order valence-corrected chi connectivity index (χ2v) is 5.31. The molecule has 0 aliphatic rings. The van der Waals surface area contributed by atoms with Crippen LogP contribution in [0, 0.1) is 12.7 Å². The van der Waals surface area contributed by atoms with Crippen LogP contribution in [0.2, 0.25) is 5.02 Å². The normalized spacial score (nSPS) is 10.4. The average molecular weight is 329 g/mol. The summed E-state index contributed by atoms with van der Waals surface area (Å²) in [6.45, 7) is 2.60. The van der Waals surface area contributed by atoms with Crippen molar-refractivity contribution in [1.29, 1.82) is 0 Å². The molecule has 0 unspecified atom stereocenters. The third-order valence-corrected chi connectivity index (χ3v) is 3.90. The lowest BCUT2D eigenvalue weighted by Crippen LogP contribution is -2.00. The van der Waals surface area contributed by atoms with Crippen molar-refractivity contribution in [2.24, 2.45) is 0 Å². The molecular formula is C14H12BrClFN. The molecule has 0 saturated carbocycles. The lowest BCUT2D eigenvalue weighted by atomic mass is 10.2. The first-order valence-electron chi connectivity index (χ1n) is 5.50. The summed E-state index contributed by atoms with van der Waals surface area (Å²) in [7, 11) is 0. The van der Waals surface area contributed by atoms with Crippen molar-refractivity contribution in [3.63, 3.8) is 0 Å². The SMILES string of the molecule is Cc1cc(NCc2ccc(F)cc2Cl)ccc1Br. The molecular weight excluding hydrogens is 317 g/mol. The van der Waals surface area contributed by atoms with Gasteiger partial charge in [-0.3, -0.25) is 0 Å². The van der Waals surface area contributed by atoms with E-state index >= 15 is 0 Å². The van der Waals surface area contributed by atoms with Crippen molar-refractivity contribution in [3.8, 4) is 0 Å². The van der Waals surface area contributed by atoms with Crippen LogP contribution >= 0.6 is 27.5 Å². The third kappa shape index (κ3) is 3.24. The molecule has 4 heteroatoms. The van der Waals surface area contributed by atoms with Gasteiger partial charge in [0.1, 0.15) is 5.82 Å². The van der Waals surface area contributed by atoms with Gasteiger partial charge in [-0.2, -0.15) is 0 Å². The van der Waals surface area contributed by atoms with Crippen LogP contribution in [-0.2, 0) is 6.54 Å². The number of hydrogen-bond acceptors (Lipinski definition) is 1. The van der Waals surface area contributed by atoms with E-state index < -0.39 is 0 Å². The summed E-state index contributed by atoms with van der Waals surface area (Å²) in [5.74, 6) is -0.316. The molecule has 0 fully saturated rings. The highest BCUT2D eigenvalue weighted by Gasteiger charge is 2.02. The summed E-state index contributed by atoms with van der Waals surface area (Å²) in [6.07, 6.45) is 0. The quantitative estimate of drug-likeness (QED) is 0.820. The Morgan fingerprint density at radius 1 is 1.22 bits per heavy atom. The van der Waals surface area contributed by atoms with Crippen LogP contribution in [-0.4, -0.2) is 0 Å². The molecule has 0 aliphatic heterocycles. The summed E-state index contributed by atoms with van der Waals surface area (Å²) in [5, 5.41) is 3.70. The summed E-state index contributed by atoms with van der Waals surface area (Å²) < 4.78 is 14.0. The zero-order valence-corrected chi connectivity index (χ0v) is 12.1. The number of nitrogens with one attached hydrogen (secondary N) is 1. The maximum atomic E-state index is 12.9. The van der Waals surface area contributed by atoms with E-state index in [-0.39, 0.29) is 5.82 Å². The first-order valence-corrected chi connectivity index (χ1v) is 6.67. The highest BCUT2D eigenvalue weighted by Crippen LogP contribution is 2.22. The van der Waals surface area contributed by atoms with Gasteiger partial charge in [0.25, 0.3) is 0 Å². The van der Waals surface area contributed by atoms with Crippen molar-refractivity contribution < 1.29 is 4.39 Å². The Kier molecular flexibility index (Phi) is 4.25. The van der Waals surface area contributed by atoms with E-state index in [9.17, 15) is 4.39 Å². The van der Waals surface area contributed by atoms with Crippen LogP contribution in [0.1, 0.15) is 11.1 Å². The predicted molar refractivity (Wildman–Crippen MR) is 77.6 cm³/mol. The Morgan fingerprint density at radius 2 is 2.00 bits per heavy atom. The van der Waals surface area contributed by atoms with Crippen molar-refractivity contribution >= 4 is 33.2 Å². The Hall–Kier alpha value is -1.06. The van der Waals surface area contributed by atoms with Crippen LogP contribution in [0.15, 0.2) is 40.9 Å². The molecule has 0 spiro atoms. The summed E-state index contributed by atoms with van der Waals surface area (Å²) >= 11 is 9.42. The van der Waals surface area contributed by atoms with E-state index in [2.05, 4.69) is 21.2 Å². The molecule has 1 nitrogen and oxygen atoms in total. The van der Waals surface area contributed by atoms with Gasteiger partial charge in [0.05, 0.1) is 0 Å². The number of halogens is 3. The smallest absolute Gasteiger partial charge is 0.124 e. The maximum absolute atomic E-state index is 12.9. The molecule has 2 aromatic carbocycles. The number of rotatable bonds is 3. The summed E-state index contributed by atoms with van der Waals surface area (Å²) in [5.41, 5.74) is 3.04. The monoisotopic (exact) mass is 327 g/mol. The van der Waals surface area contributed by atoms with Crippen LogP contribution in [0.25, 0.3) is 0 Å². The molecule has 1 N–H and O–H groups in total. The largest absolute Gasteiger partial charge is 0.381 e. The minimum absolute atomic E-state index is 0.316. The van der Waals surface area contributed by atoms with Crippen molar-refractivity contribution in [2.75, 3.05) is 5.32 Å². The van der Waals surface area contributed by atoms with E-state index in [1.54, 1.807) is 6.07 Å². The second kappa shape index (κ2) is 5.72. The summed E-state index contributed by atoms with van der Waals surface area (Å²) in [4.78, 5) is 0. The average Bonchev–Trinajstić information content (AvgIpc) is 2.32. The third-order valence-electron chi connectivity index (χ3n) is 2.66. The number of aryl methyl sites for hydroxylation is 1. The Morgan fingerprint density at radius 3 is 2.67 bits per heavy atom. The fourth-order valence-corrected chi connectivity index (χ4v) is 2.10.